The molecule has 0 radical (unpaired) electrons. The van der Waals surface area contributed by atoms with E-state index >= 15 is 0 Å². The zero-order valence-corrected chi connectivity index (χ0v) is 5.01. The van der Waals surface area contributed by atoms with Crippen molar-refractivity contribution in [2.75, 3.05) is 0 Å². The Morgan fingerprint density at radius 1 is 1.62 bits per heavy atom. The van der Waals surface area contributed by atoms with Crippen LogP contribution in [-0.2, 0) is 0 Å². The second-order valence-electron chi connectivity index (χ2n) is 2.11. The van der Waals surface area contributed by atoms with Crippen molar-refractivity contribution in [1.82, 2.24) is 10.6 Å². The van der Waals surface area contributed by atoms with Gasteiger partial charge < -0.3 is 10.6 Å². The number of rotatable bonds is 0. The van der Waals surface area contributed by atoms with Gasteiger partial charge in [0, 0.05) is 12.1 Å². The predicted molar refractivity (Wildman–Crippen MR) is 30.6 cm³/mol. The van der Waals surface area contributed by atoms with Crippen molar-refractivity contribution in [1.29, 1.82) is 0 Å². The van der Waals surface area contributed by atoms with E-state index in [9.17, 15) is 4.79 Å². The Hall–Kier alpha value is -0.730. The fraction of sp³-hybridized carbons (Fsp3) is 0.800. The van der Waals surface area contributed by atoms with Crippen LogP contribution in [0.25, 0.3) is 0 Å². The van der Waals surface area contributed by atoms with E-state index in [4.69, 9.17) is 1.41 Å². The molecule has 2 amide bonds. The molecule has 0 saturated carbocycles. The molecule has 1 rings (SSSR count). The monoisotopic (exact) mass is 115 g/mol. The lowest BCUT2D eigenvalue weighted by atomic mass is 10.2. The summed E-state index contributed by atoms with van der Waals surface area (Å²) in [5.74, 6) is 0. The summed E-state index contributed by atoms with van der Waals surface area (Å²) in [4.78, 5) is 10.6. The van der Waals surface area contributed by atoms with Crippen molar-refractivity contribution in [3.05, 3.63) is 0 Å². The molecule has 2 atom stereocenters. The highest BCUT2D eigenvalue weighted by Gasteiger charge is 2.22. The molecule has 3 heteroatoms. The Bertz CT molecular complexity index is 139. The maximum Gasteiger partial charge on any atom is 0.315 e. The first-order chi connectivity index (χ1) is 4.13. The summed E-state index contributed by atoms with van der Waals surface area (Å²) >= 11 is 0. The second-order valence-corrected chi connectivity index (χ2v) is 2.11. The van der Waals surface area contributed by atoms with Crippen molar-refractivity contribution >= 4 is 6.03 Å². The Labute approximate surface area is 49.9 Å². The third-order valence-corrected chi connectivity index (χ3v) is 1.40. The zero-order valence-electron chi connectivity index (χ0n) is 6.01. The largest absolute Gasteiger partial charge is 0.334 e. The summed E-state index contributed by atoms with van der Waals surface area (Å²) < 4.78 is 7.10. The summed E-state index contributed by atoms with van der Waals surface area (Å²) in [6.07, 6.45) is 0. The number of nitrogens with one attached hydrogen (secondary N) is 2. The number of carbonyl (C=O) groups excluding carboxylic acids is 1. The van der Waals surface area contributed by atoms with Gasteiger partial charge in [0.25, 0.3) is 0 Å². The third-order valence-electron chi connectivity index (χ3n) is 1.40. The molecule has 0 aromatic carbocycles. The Morgan fingerprint density at radius 2 is 2.25 bits per heavy atom. The van der Waals surface area contributed by atoms with Crippen LogP contribution in [0.1, 0.15) is 13.8 Å². The number of urea groups is 1. The van der Waals surface area contributed by atoms with E-state index in [0.717, 1.165) is 5.31 Å². The van der Waals surface area contributed by atoms with Crippen molar-refractivity contribution < 1.29 is 6.21 Å². The van der Waals surface area contributed by atoms with Crippen molar-refractivity contribution in [3.63, 3.8) is 0 Å². The number of hydrogen-bond acceptors (Lipinski definition) is 1. The van der Waals surface area contributed by atoms with E-state index in [1.165, 1.54) is 0 Å². The topological polar surface area (TPSA) is 41.1 Å². The van der Waals surface area contributed by atoms with Gasteiger partial charge in [0.2, 0.25) is 0 Å². The maximum atomic E-state index is 10.6. The van der Waals surface area contributed by atoms with Crippen LogP contribution in [0.4, 0.5) is 4.79 Å². The fourth-order valence-electron chi connectivity index (χ4n) is 0.649. The molecule has 8 heavy (non-hydrogen) atoms. The molecular formula is C5H10N2O. The van der Waals surface area contributed by atoms with Gasteiger partial charge >= 0.3 is 6.03 Å². The summed E-state index contributed by atoms with van der Waals surface area (Å²) in [6.45, 7) is 3.73. The number of amides is 2. The minimum absolute atomic E-state index is 0.00231. The van der Waals surface area contributed by atoms with Gasteiger partial charge in [0.1, 0.15) is 0 Å². The normalized spacial score (nSPS) is 39.5. The molecule has 1 fully saturated rings. The van der Waals surface area contributed by atoms with Crippen LogP contribution in [0.5, 0.6) is 0 Å². The first-order valence-corrected chi connectivity index (χ1v) is 2.71. The molecule has 1 saturated heterocycles. The molecule has 2 unspecified atom stereocenters. The van der Waals surface area contributed by atoms with Crippen LogP contribution >= 0.6 is 0 Å². The van der Waals surface area contributed by atoms with E-state index in [1.807, 2.05) is 13.8 Å². The Kier molecular flexibility index (Phi) is 0.862. The molecule has 0 bridgehead atoms. The van der Waals surface area contributed by atoms with Gasteiger partial charge in [0.05, 0.1) is 0 Å². The first-order valence-electron chi connectivity index (χ1n) is 3.16. The molecule has 0 aliphatic carbocycles. The van der Waals surface area contributed by atoms with Crippen LogP contribution in [0.15, 0.2) is 0 Å². The van der Waals surface area contributed by atoms with Crippen LogP contribution in [0, 0.1) is 0 Å². The van der Waals surface area contributed by atoms with E-state index in [1.54, 1.807) is 0 Å². The minimum Gasteiger partial charge on any atom is -0.334 e. The van der Waals surface area contributed by atoms with Gasteiger partial charge in [-0.15, -0.1) is 0 Å². The molecule has 0 aromatic rings. The van der Waals surface area contributed by atoms with Gasteiger partial charge in [-0.25, -0.2) is 4.79 Å². The molecule has 0 aromatic heterocycles. The van der Waals surface area contributed by atoms with E-state index in [-0.39, 0.29) is 18.1 Å². The average molecular weight is 115 g/mol. The smallest absolute Gasteiger partial charge is 0.315 e. The quantitative estimate of drug-likeness (QED) is 0.461. The highest BCUT2D eigenvalue weighted by atomic mass is 16.2. The first kappa shape index (κ1) is 4.18. The van der Waals surface area contributed by atoms with Gasteiger partial charge in [-0.2, -0.15) is 0 Å². The summed E-state index contributed by atoms with van der Waals surface area (Å²) in [5, 5.41) is 3.58. The predicted octanol–water partition coefficient (Wildman–Crippen LogP) is 0.0762. The van der Waals surface area contributed by atoms with E-state index in [0.29, 0.717) is 0 Å². The molecule has 1 aliphatic heterocycles. The lowest BCUT2D eigenvalue weighted by Crippen LogP contribution is -2.26. The van der Waals surface area contributed by atoms with Crippen LogP contribution < -0.4 is 10.6 Å². The minimum atomic E-state index is -0.296. The van der Waals surface area contributed by atoms with Crippen molar-refractivity contribution in [3.8, 4) is 0 Å². The standard InChI is InChI=1S/C5H10N2O/c1-3-4(2)7-5(8)6-3/h3-4H,1-2H3,(H2,6,7,8)/i/hD. The van der Waals surface area contributed by atoms with E-state index < -0.39 is 0 Å². The molecule has 0 spiro atoms. The van der Waals surface area contributed by atoms with E-state index in [2.05, 4.69) is 5.32 Å². The van der Waals surface area contributed by atoms with Crippen molar-refractivity contribution in [2.45, 2.75) is 25.9 Å². The fourth-order valence-corrected chi connectivity index (χ4v) is 0.649. The number of carbonyl (C=O) groups is 1. The van der Waals surface area contributed by atoms with Crippen LogP contribution in [-0.4, -0.2) is 18.1 Å². The second kappa shape index (κ2) is 1.65. The van der Waals surface area contributed by atoms with Gasteiger partial charge in [-0.05, 0) is 13.8 Å². The Balaban J connectivity index is 2.65. The highest BCUT2D eigenvalue weighted by Crippen LogP contribution is 1.97. The van der Waals surface area contributed by atoms with Crippen molar-refractivity contribution in [2.24, 2.45) is 0 Å². The molecule has 1 heterocycles. The molecule has 3 nitrogen and oxygen atoms in total. The SMILES string of the molecule is [2H]N1C(=O)NC(C)C1C. The summed E-state index contributed by atoms with van der Waals surface area (Å²) in [6, 6.07) is -0.192. The van der Waals surface area contributed by atoms with Crippen LogP contribution in [0.3, 0.4) is 0 Å². The van der Waals surface area contributed by atoms with Gasteiger partial charge in [-0.1, -0.05) is 0 Å². The molecule has 1 aliphatic rings. The third kappa shape index (κ3) is 0.757. The molecular weight excluding hydrogens is 104 g/mol. The van der Waals surface area contributed by atoms with Gasteiger partial charge in [0.15, 0.2) is 1.41 Å². The zero-order chi connectivity index (χ0) is 7.02. The maximum absolute atomic E-state index is 10.6. The lowest BCUT2D eigenvalue weighted by Gasteiger charge is -2.04. The highest BCUT2D eigenvalue weighted by molar-refractivity contribution is 5.77. The van der Waals surface area contributed by atoms with Crippen LogP contribution in [0.2, 0.25) is 1.41 Å². The molecule has 2 N–H and O–H groups in total. The molecule has 46 valence electrons. The number of hydrogen-bond donors (Lipinski definition) is 2. The van der Waals surface area contributed by atoms with Gasteiger partial charge in [-0.3, -0.25) is 0 Å². The summed E-state index contributed by atoms with van der Waals surface area (Å²) in [7, 11) is 0. The lowest BCUT2D eigenvalue weighted by molar-refractivity contribution is 0.247. The summed E-state index contributed by atoms with van der Waals surface area (Å²) in [5.41, 5.74) is 0. The Morgan fingerprint density at radius 3 is 2.38 bits per heavy atom. The average Bonchev–Trinajstić information content (AvgIpc) is 1.98.